The lowest BCUT2D eigenvalue weighted by Crippen LogP contribution is -2.30. The van der Waals surface area contributed by atoms with Gasteiger partial charge in [-0.05, 0) is 33.8 Å². The van der Waals surface area contributed by atoms with Crippen molar-refractivity contribution in [3.8, 4) is 11.3 Å². The summed E-state index contributed by atoms with van der Waals surface area (Å²) < 4.78 is 31.1. The number of hydrogen-bond acceptors (Lipinski definition) is 4. The van der Waals surface area contributed by atoms with Crippen molar-refractivity contribution >= 4 is 16.9 Å². The third-order valence-corrected chi connectivity index (χ3v) is 5.79. The van der Waals surface area contributed by atoms with E-state index in [9.17, 15) is 13.6 Å². The summed E-state index contributed by atoms with van der Waals surface area (Å²) in [5, 5.41) is 11.9. The van der Waals surface area contributed by atoms with Gasteiger partial charge in [-0.3, -0.25) is 9.48 Å². The van der Waals surface area contributed by atoms with Crippen molar-refractivity contribution in [3.05, 3.63) is 65.1 Å². The van der Waals surface area contributed by atoms with Gasteiger partial charge in [0.15, 0.2) is 5.65 Å². The lowest BCUT2D eigenvalue weighted by molar-refractivity contribution is -0.122. The molecular formula is C24H26F2N6O. The van der Waals surface area contributed by atoms with Gasteiger partial charge in [0.05, 0.1) is 29.0 Å². The molecule has 1 atom stereocenters. The second-order valence-electron chi connectivity index (χ2n) is 8.00. The van der Waals surface area contributed by atoms with Crippen LogP contribution in [-0.4, -0.2) is 30.5 Å². The van der Waals surface area contributed by atoms with Crippen LogP contribution in [0.4, 0.5) is 8.78 Å². The van der Waals surface area contributed by atoms with Gasteiger partial charge in [0.2, 0.25) is 5.91 Å². The van der Waals surface area contributed by atoms with Crippen molar-refractivity contribution in [3.63, 3.8) is 0 Å². The van der Waals surface area contributed by atoms with Gasteiger partial charge in [0, 0.05) is 28.9 Å². The number of nitrogens with zero attached hydrogens (tertiary/aromatic N) is 5. The highest BCUT2D eigenvalue weighted by atomic mass is 19.3. The predicted molar refractivity (Wildman–Crippen MR) is 122 cm³/mol. The molecule has 0 saturated carbocycles. The molecule has 1 unspecified atom stereocenters. The van der Waals surface area contributed by atoms with Crippen LogP contribution in [0, 0.1) is 13.8 Å². The van der Waals surface area contributed by atoms with Gasteiger partial charge in [0.25, 0.3) is 6.43 Å². The minimum absolute atomic E-state index is 0.135. The number of hydrogen-bond donors (Lipinski definition) is 1. The maximum Gasteiger partial charge on any atom is 0.264 e. The molecule has 3 heterocycles. The Morgan fingerprint density at radius 1 is 1.12 bits per heavy atom. The summed E-state index contributed by atoms with van der Waals surface area (Å²) in [6, 6.07) is 10.3. The zero-order valence-electron chi connectivity index (χ0n) is 19.0. The van der Waals surface area contributed by atoms with E-state index in [4.69, 9.17) is 0 Å². The number of aromatic nitrogens is 5. The Labute approximate surface area is 190 Å². The number of fused-ring (bicyclic) bond motifs is 1. The molecule has 0 spiro atoms. The first-order valence-corrected chi connectivity index (χ1v) is 10.8. The molecule has 33 heavy (non-hydrogen) atoms. The van der Waals surface area contributed by atoms with Crippen LogP contribution in [0.2, 0.25) is 0 Å². The molecule has 0 aliphatic rings. The van der Waals surface area contributed by atoms with Crippen molar-refractivity contribution < 1.29 is 13.6 Å². The van der Waals surface area contributed by atoms with Crippen molar-refractivity contribution in [2.75, 3.05) is 0 Å². The second kappa shape index (κ2) is 9.09. The van der Waals surface area contributed by atoms with E-state index in [-0.39, 0.29) is 35.1 Å². The lowest BCUT2D eigenvalue weighted by atomic mass is 10.1. The van der Waals surface area contributed by atoms with Crippen LogP contribution in [-0.2, 0) is 17.9 Å². The zero-order chi connectivity index (χ0) is 23.7. The van der Waals surface area contributed by atoms with Gasteiger partial charge in [-0.2, -0.15) is 10.2 Å². The van der Waals surface area contributed by atoms with Gasteiger partial charge in [0.1, 0.15) is 6.54 Å². The highest BCUT2D eigenvalue weighted by Gasteiger charge is 2.23. The molecule has 4 rings (SSSR count). The fraction of sp³-hybridized carbons (Fsp3) is 0.333. The van der Waals surface area contributed by atoms with Gasteiger partial charge < -0.3 is 5.32 Å². The minimum atomic E-state index is -2.69. The molecule has 0 bridgehead atoms. The molecule has 4 aromatic rings. The Morgan fingerprint density at radius 3 is 2.48 bits per heavy atom. The van der Waals surface area contributed by atoms with Crippen LogP contribution in [0.5, 0.6) is 0 Å². The molecule has 1 aromatic carbocycles. The van der Waals surface area contributed by atoms with E-state index in [0.29, 0.717) is 17.0 Å². The van der Waals surface area contributed by atoms with E-state index in [1.165, 1.54) is 10.7 Å². The number of amides is 1. The van der Waals surface area contributed by atoms with Crippen molar-refractivity contribution in [1.82, 2.24) is 29.9 Å². The SMILES string of the molecule is CCn1ncc(C(C)NC(=O)Cn2nc(C)c3c(C(F)F)cc(-c4ccccc4)nc32)c1C. The largest absolute Gasteiger partial charge is 0.348 e. The first-order valence-electron chi connectivity index (χ1n) is 10.8. The molecule has 0 aliphatic heterocycles. The number of carbonyl (C=O) groups is 1. The number of benzene rings is 1. The molecule has 0 radical (unpaired) electrons. The number of pyridine rings is 1. The van der Waals surface area contributed by atoms with Crippen molar-refractivity contribution in [2.24, 2.45) is 0 Å². The minimum Gasteiger partial charge on any atom is -0.348 e. The standard InChI is InChI=1S/C24H26F2N6O/c1-5-31-16(4)19(12-27-31)14(2)28-21(33)13-32-24-22(15(3)30-32)18(23(25)26)11-20(29-24)17-9-7-6-8-10-17/h6-12,14,23H,5,13H2,1-4H3,(H,28,33). The number of nitrogens with one attached hydrogen (secondary N) is 1. The molecule has 1 N–H and O–H groups in total. The second-order valence-corrected chi connectivity index (χ2v) is 8.00. The van der Waals surface area contributed by atoms with E-state index in [2.05, 4.69) is 20.5 Å². The predicted octanol–water partition coefficient (Wildman–Crippen LogP) is 4.75. The monoisotopic (exact) mass is 452 g/mol. The number of alkyl halides is 2. The van der Waals surface area contributed by atoms with E-state index in [1.54, 1.807) is 13.1 Å². The van der Waals surface area contributed by atoms with E-state index < -0.39 is 6.43 Å². The summed E-state index contributed by atoms with van der Waals surface area (Å²) in [6.07, 6.45) is -0.943. The van der Waals surface area contributed by atoms with Crippen molar-refractivity contribution in [2.45, 2.75) is 53.3 Å². The average molecular weight is 453 g/mol. The van der Waals surface area contributed by atoms with Crippen LogP contribution < -0.4 is 5.32 Å². The van der Waals surface area contributed by atoms with E-state index >= 15 is 0 Å². The summed E-state index contributed by atoms with van der Waals surface area (Å²) in [5.41, 5.74) is 3.58. The first-order chi connectivity index (χ1) is 15.8. The van der Waals surface area contributed by atoms with Gasteiger partial charge >= 0.3 is 0 Å². The Bertz CT molecular complexity index is 1300. The van der Waals surface area contributed by atoms with E-state index in [1.807, 2.05) is 55.8 Å². The average Bonchev–Trinajstić information content (AvgIpc) is 3.32. The fourth-order valence-corrected chi connectivity index (χ4v) is 4.13. The summed E-state index contributed by atoms with van der Waals surface area (Å²) in [5.74, 6) is -0.291. The van der Waals surface area contributed by atoms with Gasteiger partial charge in [-0.25, -0.2) is 18.4 Å². The quantitative estimate of drug-likeness (QED) is 0.439. The lowest BCUT2D eigenvalue weighted by Gasteiger charge is -2.14. The summed E-state index contributed by atoms with van der Waals surface area (Å²) >= 11 is 0. The number of rotatable bonds is 7. The maximum atomic E-state index is 13.9. The summed E-state index contributed by atoms with van der Waals surface area (Å²) in [4.78, 5) is 17.4. The van der Waals surface area contributed by atoms with Crippen LogP contribution in [0.1, 0.15) is 48.8 Å². The van der Waals surface area contributed by atoms with Crippen LogP contribution in [0.3, 0.4) is 0 Å². The Balaban J connectivity index is 1.66. The van der Waals surface area contributed by atoms with E-state index in [0.717, 1.165) is 17.8 Å². The Morgan fingerprint density at radius 2 is 1.85 bits per heavy atom. The molecular weight excluding hydrogens is 426 g/mol. The molecule has 9 heteroatoms. The first kappa shape index (κ1) is 22.6. The number of aryl methyl sites for hydroxylation is 2. The Kier molecular flexibility index (Phi) is 6.22. The number of carbonyl (C=O) groups excluding carboxylic acids is 1. The molecule has 172 valence electrons. The van der Waals surface area contributed by atoms with Gasteiger partial charge in [-0.1, -0.05) is 30.3 Å². The van der Waals surface area contributed by atoms with Gasteiger partial charge in [-0.15, -0.1) is 0 Å². The van der Waals surface area contributed by atoms with Crippen molar-refractivity contribution in [1.29, 1.82) is 0 Å². The molecule has 3 aromatic heterocycles. The molecule has 0 fully saturated rings. The molecule has 1 amide bonds. The molecule has 7 nitrogen and oxygen atoms in total. The summed E-state index contributed by atoms with van der Waals surface area (Å²) in [7, 11) is 0. The van der Waals surface area contributed by atoms with Crippen LogP contribution in [0.25, 0.3) is 22.3 Å². The maximum absolute atomic E-state index is 13.9. The van der Waals surface area contributed by atoms with Crippen LogP contribution in [0.15, 0.2) is 42.6 Å². The highest BCUT2D eigenvalue weighted by Crippen LogP contribution is 2.33. The third-order valence-electron chi connectivity index (χ3n) is 5.79. The fourth-order valence-electron chi connectivity index (χ4n) is 4.13. The zero-order valence-corrected chi connectivity index (χ0v) is 19.0. The smallest absolute Gasteiger partial charge is 0.264 e. The topological polar surface area (TPSA) is 77.6 Å². The number of halogens is 2. The summed E-state index contributed by atoms with van der Waals surface area (Å²) in [6.45, 7) is 8.10. The van der Waals surface area contributed by atoms with Crippen LogP contribution >= 0.6 is 0 Å². The normalized spacial score (nSPS) is 12.5. The highest BCUT2D eigenvalue weighted by molar-refractivity contribution is 5.87. The Hall–Kier alpha value is -3.62. The third kappa shape index (κ3) is 4.35. The molecule has 0 aliphatic carbocycles. The molecule has 0 saturated heterocycles.